The summed E-state index contributed by atoms with van der Waals surface area (Å²) in [6.07, 6.45) is 8.50. The highest BCUT2D eigenvalue weighted by Crippen LogP contribution is 1.99. The van der Waals surface area contributed by atoms with E-state index in [1.807, 2.05) is 0 Å². The molecule has 0 saturated carbocycles. The van der Waals surface area contributed by atoms with Crippen molar-refractivity contribution in [1.82, 2.24) is 5.32 Å². The molecule has 1 rings (SSSR count). The molecule has 1 fully saturated rings. The van der Waals surface area contributed by atoms with E-state index in [0.29, 0.717) is 0 Å². The first-order chi connectivity index (χ1) is 6.91. The predicted octanol–water partition coefficient (Wildman–Crippen LogP) is 3.50. The van der Waals surface area contributed by atoms with Crippen LogP contribution in [0.5, 0.6) is 0 Å². The maximum Gasteiger partial charge on any atom is 0.199 e. The Morgan fingerprint density at radius 2 is 1.43 bits per heavy atom. The highest BCUT2D eigenvalue weighted by Gasteiger charge is 1.93. The van der Waals surface area contributed by atoms with Crippen LogP contribution in [0, 0.1) is 0 Å². The summed E-state index contributed by atoms with van der Waals surface area (Å²) in [7, 11) is 0. The molecule has 1 radical (unpaired) electrons. The van der Waals surface area contributed by atoms with Gasteiger partial charge >= 0.3 is 0 Å². The molecule has 1 aliphatic rings. The molecule has 1 aliphatic heterocycles. The molecule has 0 amide bonds. The van der Waals surface area contributed by atoms with E-state index >= 15 is 0 Å². The van der Waals surface area contributed by atoms with E-state index in [9.17, 15) is 0 Å². The van der Waals surface area contributed by atoms with Gasteiger partial charge in [0, 0.05) is 0 Å². The highest BCUT2D eigenvalue weighted by molar-refractivity contribution is 6.35. The lowest BCUT2D eigenvalue weighted by molar-refractivity contribution is 0.851. The molecule has 0 spiro atoms. The minimum absolute atomic E-state index is 0.818. The van der Waals surface area contributed by atoms with Crippen LogP contribution in [0.25, 0.3) is 0 Å². The van der Waals surface area contributed by atoms with Crippen LogP contribution in [0.15, 0.2) is 0 Å². The number of hydrogen-bond acceptors (Lipinski definition) is 1. The standard InChI is InChI=1S/C4H9N.2C4H9.Al/c1-2-4-5-3-1;2*1-3-4-2;/h5H,1-4H2;2*1,3-4H2,2H3;. The van der Waals surface area contributed by atoms with Crippen LogP contribution in [0.2, 0.25) is 10.6 Å². The van der Waals surface area contributed by atoms with E-state index in [-0.39, 0.29) is 0 Å². The fraction of sp³-hybridized carbons (Fsp3) is 1.00. The second kappa shape index (κ2) is 13.5. The van der Waals surface area contributed by atoms with Crippen molar-refractivity contribution in [2.75, 3.05) is 13.1 Å². The van der Waals surface area contributed by atoms with Crippen molar-refractivity contribution in [1.29, 1.82) is 0 Å². The number of unbranched alkanes of at least 4 members (excludes halogenated alkanes) is 2. The Hall–Kier alpha value is 0.492. The molecule has 0 unspecified atom stereocenters. The Kier molecular flexibility index (Phi) is 14.0. The summed E-state index contributed by atoms with van der Waals surface area (Å²) >= 11 is 0.818. The third-order valence-corrected chi connectivity index (χ3v) is 4.11. The largest absolute Gasteiger partial charge is 0.317 e. The minimum Gasteiger partial charge on any atom is -0.317 e. The molecule has 0 aromatic carbocycles. The van der Waals surface area contributed by atoms with Crippen LogP contribution in [-0.2, 0) is 0 Å². The van der Waals surface area contributed by atoms with E-state index in [4.69, 9.17) is 0 Å². The van der Waals surface area contributed by atoms with Crippen LogP contribution < -0.4 is 5.32 Å². The molecule has 1 nitrogen and oxygen atoms in total. The van der Waals surface area contributed by atoms with E-state index in [1.54, 1.807) is 0 Å². The summed E-state index contributed by atoms with van der Waals surface area (Å²) in [5.74, 6) is 0. The fourth-order valence-electron chi connectivity index (χ4n) is 1.47. The van der Waals surface area contributed by atoms with Crippen molar-refractivity contribution < 1.29 is 0 Å². The Morgan fingerprint density at radius 1 is 0.929 bits per heavy atom. The quantitative estimate of drug-likeness (QED) is 0.525. The minimum atomic E-state index is 0.818. The summed E-state index contributed by atoms with van der Waals surface area (Å²) in [6.45, 7) is 7.05. The zero-order valence-electron chi connectivity index (χ0n) is 10.1. The third kappa shape index (κ3) is 12.5. The van der Waals surface area contributed by atoms with Gasteiger partial charge in [0.05, 0.1) is 0 Å². The smallest absolute Gasteiger partial charge is 0.199 e. The Labute approximate surface area is 96.8 Å². The van der Waals surface area contributed by atoms with Gasteiger partial charge in [-0.25, -0.2) is 0 Å². The third-order valence-electron chi connectivity index (χ3n) is 2.48. The van der Waals surface area contributed by atoms with Gasteiger partial charge in [-0.15, -0.1) is 10.6 Å². The second-order valence-corrected chi connectivity index (χ2v) is 5.76. The summed E-state index contributed by atoms with van der Waals surface area (Å²) in [4.78, 5) is 0. The molecule has 2 heteroatoms. The normalized spacial score (nSPS) is 14.7. The summed E-state index contributed by atoms with van der Waals surface area (Å²) in [6, 6.07) is 0. The molecule has 1 saturated heterocycles. The maximum atomic E-state index is 3.22. The lowest BCUT2D eigenvalue weighted by atomic mass is 10.4. The molecule has 0 atom stereocenters. The summed E-state index contributed by atoms with van der Waals surface area (Å²) in [5.41, 5.74) is 0. The SMILES string of the molecule is C1CCNC1.CCC[CH2][Al][CH2]CCC. The van der Waals surface area contributed by atoms with Crippen LogP contribution in [-0.4, -0.2) is 28.3 Å². The fourth-order valence-corrected chi connectivity index (χ4v) is 3.15. The van der Waals surface area contributed by atoms with Crippen molar-refractivity contribution in [3.63, 3.8) is 0 Å². The molecule has 0 aliphatic carbocycles. The average Bonchev–Trinajstić information content (AvgIpc) is 2.76. The number of hydrogen-bond donors (Lipinski definition) is 1. The number of rotatable bonds is 6. The van der Waals surface area contributed by atoms with Crippen LogP contribution in [0.4, 0.5) is 0 Å². The van der Waals surface area contributed by atoms with Crippen LogP contribution in [0.1, 0.15) is 52.4 Å². The number of nitrogens with one attached hydrogen (secondary N) is 1. The summed E-state index contributed by atoms with van der Waals surface area (Å²) < 4.78 is 0. The van der Waals surface area contributed by atoms with Crippen molar-refractivity contribution in [3.8, 4) is 0 Å². The highest BCUT2D eigenvalue weighted by atomic mass is 27.1. The average molecular weight is 212 g/mol. The first kappa shape index (κ1) is 14.5. The predicted molar refractivity (Wildman–Crippen MR) is 67.3 cm³/mol. The van der Waals surface area contributed by atoms with E-state index in [0.717, 1.165) is 15.2 Å². The zero-order chi connectivity index (χ0) is 10.5. The van der Waals surface area contributed by atoms with E-state index in [2.05, 4.69) is 19.2 Å². The molecule has 1 N–H and O–H groups in total. The van der Waals surface area contributed by atoms with Crippen molar-refractivity contribution in [2.24, 2.45) is 0 Å². The maximum absolute atomic E-state index is 3.22. The summed E-state index contributed by atoms with van der Waals surface area (Å²) in [5, 5.41) is 6.30. The molecule has 1 heterocycles. The van der Waals surface area contributed by atoms with Gasteiger partial charge in [-0.2, -0.15) is 0 Å². The van der Waals surface area contributed by atoms with Crippen molar-refractivity contribution >= 4 is 15.2 Å². The van der Waals surface area contributed by atoms with Crippen LogP contribution >= 0.6 is 0 Å². The topological polar surface area (TPSA) is 12.0 Å². The van der Waals surface area contributed by atoms with E-state index in [1.165, 1.54) is 62.2 Å². The van der Waals surface area contributed by atoms with Crippen molar-refractivity contribution in [3.05, 3.63) is 0 Å². The van der Waals surface area contributed by atoms with Gasteiger partial charge in [0.1, 0.15) is 0 Å². The molecular formula is C12H27AlN. The van der Waals surface area contributed by atoms with Gasteiger partial charge in [0.15, 0.2) is 15.2 Å². The van der Waals surface area contributed by atoms with Crippen LogP contribution in [0.3, 0.4) is 0 Å². The lowest BCUT2D eigenvalue weighted by Gasteiger charge is -1.93. The first-order valence-electron chi connectivity index (χ1n) is 6.44. The van der Waals surface area contributed by atoms with Gasteiger partial charge < -0.3 is 5.32 Å². The van der Waals surface area contributed by atoms with Gasteiger partial charge in [-0.3, -0.25) is 0 Å². The molecule has 0 aromatic rings. The van der Waals surface area contributed by atoms with Gasteiger partial charge in [0.25, 0.3) is 0 Å². The first-order valence-corrected chi connectivity index (χ1v) is 8.07. The van der Waals surface area contributed by atoms with E-state index < -0.39 is 0 Å². The molecular weight excluding hydrogens is 185 g/mol. The Bertz CT molecular complexity index is 78.7. The van der Waals surface area contributed by atoms with Gasteiger partial charge in [-0.1, -0.05) is 39.5 Å². The monoisotopic (exact) mass is 212 g/mol. The van der Waals surface area contributed by atoms with Gasteiger partial charge in [0.2, 0.25) is 0 Å². The Morgan fingerprint density at radius 3 is 1.71 bits per heavy atom. The zero-order valence-corrected chi connectivity index (χ0v) is 11.3. The molecule has 14 heavy (non-hydrogen) atoms. The second-order valence-electron chi connectivity index (χ2n) is 4.03. The molecule has 0 aromatic heterocycles. The molecule has 0 bridgehead atoms. The Balaban J connectivity index is 0.000000280. The van der Waals surface area contributed by atoms with Gasteiger partial charge in [-0.05, 0) is 25.9 Å². The molecule has 83 valence electrons. The lowest BCUT2D eigenvalue weighted by Crippen LogP contribution is -2.03. The van der Waals surface area contributed by atoms with Crippen molar-refractivity contribution in [2.45, 2.75) is 62.9 Å².